The Balaban J connectivity index is 1.89. The van der Waals surface area contributed by atoms with Gasteiger partial charge >= 0.3 is 0 Å². The van der Waals surface area contributed by atoms with Crippen LogP contribution in [0, 0.1) is 5.92 Å². The van der Waals surface area contributed by atoms with Gasteiger partial charge in [-0.1, -0.05) is 19.3 Å². The number of nitrogens with zero attached hydrogens (tertiary/aromatic N) is 1. The zero-order valence-corrected chi connectivity index (χ0v) is 12.5. The average Bonchev–Trinajstić information content (AvgIpc) is 2.49. The van der Waals surface area contributed by atoms with Crippen molar-refractivity contribution in [2.45, 2.75) is 52.0 Å². The normalized spacial score (nSPS) is 17.5. The molecule has 1 aromatic heterocycles. The van der Waals surface area contributed by atoms with Crippen molar-refractivity contribution >= 4 is 11.6 Å². The van der Waals surface area contributed by atoms with Gasteiger partial charge in [-0.2, -0.15) is 0 Å². The minimum atomic E-state index is -0.0638. The molecular formula is C16H25N3O. The summed E-state index contributed by atoms with van der Waals surface area (Å²) in [4.78, 5) is 16.4. The number of amides is 1. The Morgan fingerprint density at radius 2 is 2.10 bits per heavy atom. The van der Waals surface area contributed by atoms with Crippen molar-refractivity contribution in [2.75, 3.05) is 11.9 Å². The Bertz CT molecular complexity index is 424. The van der Waals surface area contributed by atoms with Gasteiger partial charge in [-0.3, -0.25) is 4.79 Å². The summed E-state index contributed by atoms with van der Waals surface area (Å²) in [7, 11) is 0. The summed E-state index contributed by atoms with van der Waals surface area (Å²) in [5.74, 6) is 0.555. The third kappa shape index (κ3) is 3.95. The summed E-state index contributed by atoms with van der Waals surface area (Å²) in [6, 6.07) is 3.91. The van der Waals surface area contributed by atoms with E-state index in [4.69, 9.17) is 0 Å². The van der Waals surface area contributed by atoms with Crippen LogP contribution in [0.15, 0.2) is 18.3 Å². The predicted octanol–water partition coefficient (Wildman–Crippen LogP) is 3.21. The number of carbonyl (C=O) groups is 1. The maximum Gasteiger partial charge on any atom is 0.270 e. The Morgan fingerprint density at radius 3 is 2.70 bits per heavy atom. The highest BCUT2D eigenvalue weighted by atomic mass is 16.1. The van der Waals surface area contributed by atoms with Crippen LogP contribution >= 0.6 is 0 Å². The second-order valence-corrected chi connectivity index (χ2v) is 5.62. The number of anilines is 1. The quantitative estimate of drug-likeness (QED) is 0.867. The van der Waals surface area contributed by atoms with Crippen molar-refractivity contribution in [3.05, 3.63) is 24.0 Å². The molecule has 0 aliphatic heterocycles. The molecule has 1 aliphatic carbocycles. The fraction of sp³-hybridized carbons (Fsp3) is 0.625. The summed E-state index contributed by atoms with van der Waals surface area (Å²) < 4.78 is 0. The van der Waals surface area contributed by atoms with Crippen molar-refractivity contribution < 1.29 is 4.79 Å². The van der Waals surface area contributed by atoms with Gasteiger partial charge in [0.05, 0.1) is 11.9 Å². The maximum absolute atomic E-state index is 12.2. The molecule has 1 unspecified atom stereocenters. The lowest BCUT2D eigenvalue weighted by Gasteiger charge is -2.28. The number of nitrogens with one attached hydrogen (secondary N) is 2. The lowest BCUT2D eigenvalue weighted by molar-refractivity contribution is 0.0914. The number of hydrogen-bond donors (Lipinski definition) is 2. The third-order valence-corrected chi connectivity index (χ3v) is 4.09. The number of hydrogen-bond acceptors (Lipinski definition) is 3. The highest BCUT2D eigenvalue weighted by Crippen LogP contribution is 2.26. The summed E-state index contributed by atoms with van der Waals surface area (Å²) >= 11 is 0. The van der Waals surface area contributed by atoms with Crippen LogP contribution in [-0.4, -0.2) is 23.5 Å². The molecule has 110 valence electrons. The first-order valence-corrected chi connectivity index (χ1v) is 7.71. The van der Waals surface area contributed by atoms with Gasteiger partial charge in [0.25, 0.3) is 5.91 Å². The number of pyridine rings is 1. The standard InChI is InChI=1S/C16H25N3O/c1-3-17-14-9-10-15(18-11-14)16(20)19-12(2)13-7-5-4-6-8-13/h9-13,17H,3-8H2,1-2H3,(H,19,20). The van der Waals surface area contributed by atoms with Gasteiger partial charge in [-0.25, -0.2) is 4.98 Å². The van der Waals surface area contributed by atoms with Crippen LogP contribution < -0.4 is 10.6 Å². The summed E-state index contributed by atoms with van der Waals surface area (Å²) in [5.41, 5.74) is 1.44. The predicted molar refractivity (Wildman–Crippen MR) is 81.9 cm³/mol. The molecule has 1 aromatic rings. The molecule has 2 rings (SSSR count). The molecule has 1 heterocycles. The molecule has 0 radical (unpaired) electrons. The number of aromatic nitrogens is 1. The molecule has 4 nitrogen and oxygen atoms in total. The van der Waals surface area contributed by atoms with E-state index in [-0.39, 0.29) is 11.9 Å². The topological polar surface area (TPSA) is 54.0 Å². The van der Waals surface area contributed by atoms with Crippen LogP contribution in [0.3, 0.4) is 0 Å². The molecular weight excluding hydrogens is 250 g/mol. The van der Waals surface area contributed by atoms with Gasteiger partial charge in [-0.15, -0.1) is 0 Å². The molecule has 2 N–H and O–H groups in total. The maximum atomic E-state index is 12.2. The van der Waals surface area contributed by atoms with Gasteiger partial charge < -0.3 is 10.6 Å². The second kappa shape index (κ2) is 7.27. The minimum Gasteiger partial charge on any atom is -0.384 e. The fourth-order valence-electron chi connectivity index (χ4n) is 2.87. The van der Waals surface area contributed by atoms with E-state index in [0.717, 1.165) is 12.2 Å². The van der Waals surface area contributed by atoms with Gasteiger partial charge in [-0.05, 0) is 44.7 Å². The third-order valence-electron chi connectivity index (χ3n) is 4.09. The molecule has 1 aliphatic rings. The van der Waals surface area contributed by atoms with E-state index in [0.29, 0.717) is 11.6 Å². The van der Waals surface area contributed by atoms with Gasteiger partial charge in [0.15, 0.2) is 0 Å². The molecule has 0 aromatic carbocycles. The number of rotatable bonds is 5. The summed E-state index contributed by atoms with van der Waals surface area (Å²) in [5, 5.41) is 6.27. The Kier molecular flexibility index (Phi) is 5.39. The molecule has 0 saturated heterocycles. The van der Waals surface area contributed by atoms with Gasteiger partial charge in [0.1, 0.15) is 5.69 Å². The fourth-order valence-corrected chi connectivity index (χ4v) is 2.87. The molecule has 0 spiro atoms. The molecule has 1 fully saturated rings. The lowest BCUT2D eigenvalue weighted by atomic mass is 9.84. The van der Waals surface area contributed by atoms with Crippen LogP contribution in [0.2, 0.25) is 0 Å². The minimum absolute atomic E-state index is 0.0638. The Hall–Kier alpha value is -1.58. The lowest BCUT2D eigenvalue weighted by Crippen LogP contribution is -2.39. The van der Waals surface area contributed by atoms with Crippen molar-refractivity contribution in [1.82, 2.24) is 10.3 Å². The van der Waals surface area contributed by atoms with E-state index in [2.05, 4.69) is 22.5 Å². The van der Waals surface area contributed by atoms with Gasteiger partial charge in [0, 0.05) is 12.6 Å². The highest BCUT2D eigenvalue weighted by molar-refractivity contribution is 5.92. The molecule has 0 bridgehead atoms. The number of carbonyl (C=O) groups excluding carboxylic acids is 1. The van der Waals surface area contributed by atoms with E-state index in [1.165, 1.54) is 32.1 Å². The molecule has 1 atom stereocenters. The van der Waals surface area contributed by atoms with E-state index in [1.54, 1.807) is 12.3 Å². The van der Waals surface area contributed by atoms with E-state index < -0.39 is 0 Å². The van der Waals surface area contributed by atoms with Crippen molar-refractivity contribution in [3.8, 4) is 0 Å². The van der Waals surface area contributed by atoms with Crippen molar-refractivity contribution in [2.24, 2.45) is 5.92 Å². The molecule has 4 heteroatoms. The largest absolute Gasteiger partial charge is 0.384 e. The van der Waals surface area contributed by atoms with Crippen LogP contribution in [-0.2, 0) is 0 Å². The Labute approximate surface area is 121 Å². The Morgan fingerprint density at radius 1 is 1.35 bits per heavy atom. The van der Waals surface area contributed by atoms with Crippen molar-refractivity contribution in [1.29, 1.82) is 0 Å². The van der Waals surface area contributed by atoms with Crippen LogP contribution in [0.5, 0.6) is 0 Å². The average molecular weight is 275 g/mol. The smallest absolute Gasteiger partial charge is 0.270 e. The zero-order chi connectivity index (χ0) is 14.4. The SMILES string of the molecule is CCNc1ccc(C(=O)NC(C)C2CCCCC2)nc1. The van der Waals surface area contributed by atoms with Crippen molar-refractivity contribution in [3.63, 3.8) is 0 Å². The second-order valence-electron chi connectivity index (χ2n) is 5.62. The molecule has 1 saturated carbocycles. The van der Waals surface area contributed by atoms with Crippen LogP contribution in [0.25, 0.3) is 0 Å². The summed E-state index contributed by atoms with van der Waals surface area (Å²) in [6.45, 7) is 5.00. The first-order chi connectivity index (χ1) is 9.70. The monoisotopic (exact) mass is 275 g/mol. The molecule has 20 heavy (non-hydrogen) atoms. The summed E-state index contributed by atoms with van der Waals surface area (Å²) in [6.07, 6.45) is 8.10. The van der Waals surface area contributed by atoms with Gasteiger partial charge in [0.2, 0.25) is 0 Å². The van der Waals surface area contributed by atoms with E-state index >= 15 is 0 Å². The van der Waals surface area contributed by atoms with E-state index in [1.807, 2.05) is 13.0 Å². The first-order valence-electron chi connectivity index (χ1n) is 7.71. The van der Waals surface area contributed by atoms with Crippen LogP contribution in [0.1, 0.15) is 56.4 Å². The van der Waals surface area contributed by atoms with E-state index in [9.17, 15) is 4.79 Å². The van der Waals surface area contributed by atoms with Crippen LogP contribution in [0.4, 0.5) is 5.69 Å². The zero-order valence-electron chi connectivity index (χ0n) is 12.5. The first kappa shape index (κ1) is 14.8. The highest BCUT2D eigenvalue weighted by Gasteiger charge is 2.22. The molecule has 1 amide bonds.